The second-order valence-electron chi connectivity index (χ2n) is 8.54. The summed E-state index contributed by atoms with van der Waals surface area (Å²) in [6.07, 6.45) is 3.99. The van der Waals surface area contributed by atoms with Gasteiger partial charge >= 0.3 is 0 Å². The van der Waals surface area contributed by atoms with Gasteiger partial charge in [-0.3, -0.25) is 9.59 Å². The van der Waals surface area contributed by atoms with E-state index in [9.17, 15) is 9.59 Å². The lowest BCUT2D eigenvalue weighted by Gasteiger charge is -2.38. The molecule has 2 aromatic rings. The number of nitrogens with one attached hydrogen (secondary N) is 1. The van der Waals surface area contributed by atoms with Crippen LogP contribution in [-0.4, -0.2) is 60.3 Å². The molecule has 4 rings (SSSR count). The Kier molecular flexibility index (Phi) is 6.31. The van der Waals surface area contributed by atoms with E-state index in [1.54, 1.807) is 14.2 Å². The summed E-state index contributed by atoms with van der Waals surface area (Å²) in [4.78, 5) is 26.3. The Hall–Kier alpha value is -3.49. The Morgan fingerprint density at radius 3 is 2.36 bits per heavy atom. The molecule has 0 radical (unpaired) electrons. The van der Waals surface area contributed by atoms with Crippen LogP contribution in [0.1, 0.15) is 41.2 Å². The number of aromatic nitrogens is 2. The van der Waals surface area contributed by atoms with Gasteiger partial charge in [0.05, 0.1) is 20.3 Å². The van der Waals surface area contributed by atoms with Gasteiger partial charge in [0, 0.05) is 30.8 Å². The first kappa shape index (κ1) is 22.7. The standard InChI is InChI=1S/C24H31N5O4/c1-5-20(30)28-10-7-15(8-11-28)17-6-9-26-24-21(23(25)31)22(27-29(17)24)16-12-18(32-3)14(2)19(13-16)33-4/h5,12-13,15,17,26H,1,6-11H2,2-4H3,(H2,25,31)/t17-/m1/s1. The molecule has 0 bridgehead atoms. The van der Waals surface area contributed by atoms with Crippen molar-refractivity contribution in [1.29, 1.82) is 0 Å². The van der Waals surface area contributed by atoms with Gasteiger partial charge in [-0.05, 0) is 50.3 Å². The smallest absolute Gasteiger partial charge is 0.254 e. The highest BCUT2D eigenvalue weighted by Crippen LogP contribution is 2.42. The molecule has 33 heavy (non-hydrogen) atoms. The summed E-state index contributed by atoms with van der Waals surface area (Å²) in [5.74, 6) is 1.72. The van der Waals surface area contributed by atoms with E-state index >= 15 is 0 Å². The van der Waals surface area contributed by atoms with Crippen LogP contribution >= 0.6 is 0 Å². The molecule has 2 amide bonds. The molecule has 0 spiro atoms. The van der Waals surface area contributed by atoms with E-state index < -0.39 is 5.91 Å². The van der Waals surface area contributed by atoms with Crippen molar-refractivity contribution in [2.45, 2.75) is 32.2 Å². The van der Waals surface area contributed by atoms with Gasteiger partial charge < -0.3 is 25.4 Å². The van der Waals surface area contributed by atoms with Crippen LogP contribution in [0, 0.1) is 12.8 Å². The number of primary amides is 1. The van der Waals surface area contributed by atoms with Gasteiger partial charge in [0.1, 0.15) is 28.6 Å². The molecule has 0 saturated carbocycles. The Morgan fingerprint density at radius 1 is 1.18 bits per heavy atom. The molecule has 9 nitrogen and oxygen atoms in total. The van der Waals surface area contributed by atoms with E-state index in [2.05, 4.69) is 11.9 Å². The van der Waals surface area contributed by atoms with Crippen LogP contribution in [0.25, 0.3) is 11.3 Å². The van der Waals surface area contributed by atoms with Crippen LogP contribution in [0.15, 0.2) is 24.8 Å². The number of piperidine rings is 1. The van der Waals surface area contributed by atoms with Gasteiger partial charge in [0.25, 0.3) is 5.91 Å². The topological polar surface area (TPSA) is 112 Å². The number of benzene rings is 1. The van der Waals surface area contributed by atoms with E-state index in [1.165, 1.54) is 6.08 Å². The predicted octanol–water partition coefficient (Wildman–Crippen LogP) is 2.76. The van der Waals surface area contributed by atoms with Crippen molar-refractivity contribution in [3.63, 3.8) is 0 Å². The number of carbonyl (C=O) groups excluding carboxylic acids is 2. The van der Waals surface area contributed by atoms with Crippen molar-refractivity contribution >= 4 is 17.6 Å². The zero-order valence-corrected chi connectivity index (χ0v) is 19.4. The molecule has 2 aliphatic heterocycles. The molecule has 3 N–H and O–H groups in total. The third-order valence-corrected chi connectivity index (χ3v) is 6.80. The van der Waals surface area contributed by atoms with Gasteiger partial charge in [-0.25, -0.2) is 4.68 Å². The largest absolute Gasteiger partial charge is 0.496 e. The van der Waals surface area contributed by atoms with Crippen molar-refractivity contribution in [2.75, 3.05) is 39.2 Å². The number of likely N-dealkylation sites (tertiary alicyclic amines) is 1. The highest BCUT2D eigenvalue weighted by Gasteiger charge is 2.36. The van der Waals surface area contributed by atoms with E-state index in [0.717, 1.165) is 31.4 Å². The SMILES string of the molecule is C=CC(=O)N1CCC([C@H]2CCNc3c(C(N)=O)c(-c4cc(OC)c(C)c(OC)c4)nn32)CC1. The Bertz CT molecular complexity index is 1060. The van der Waals surface area contributed by atoms with Crippen molar-refractivity contribution in [3.8, 4) is 22.8 Å². The number of carbonyl (C=O) groups is 2. The number of fused-ring (bicyclic) bond motifs is 1. The maximum absolute atomic E-state index is 12.6. The number of ether oxygens (including phenoxy) is 2. The fourth-order valence-electron chi connectivity index (χ4n) is 5.03. The molecule has 2 aliphatic rings. The number of rotatable bonds is 6. The first-order chi connectivity index (χ1) is 15.9. The highest BCUT2D eigenvalue weighted by molar-refractivity contribution is 6.04. The lowest BCUT2D eigenvalue weighted by molar-refractivity contribution is -0.127. The second kappa shape index (κ2) is 9.17. The van der Waals surface area contributed by atoms with Crippen molar-refractivity contribution in [2.24, 2.45) is 11.7 Å². The van der Waals surface area contributed by atoms with Gasteiger partial charge in [-0.2, -0.15) is 5.10 Å². The number of nitrogens with zero attached hydrogens (tertiary/aromatic N) is 3. The minimum atomic E-state index is -0.538. The highest BCUT2D eigenvalue weighted by atomic mass is 16.5. The van der Waals surface area contributed by atoms with Gasteiger partial charge in [0.2, 0.25) is 5.91 Å². The summed E-state index contributed by atoms with van der Waals surface area (Å²) in [6, 6.07) is 3.82. The maximum atomic E-state index is 12.6. The average molecular weight is 454 g/mol. The fraction of sp³-hybridized carbons (Fsp3) is 0.458. The van der Waals surface area contributed by atoms with Crippen molar-refractivity contribution in [3.05, 3.63) is 35.9 Å². The van der Waals surface area contributed by atoms with Crippen LogP contribution in [0.5, 0.6) is 11.5 Å². The number of methoxy groups -OCH3 is 2. The Labute approximate surface area is 193 Å². The third-order valence-electron chi connectivity index (χ3n) is 6.80. The fourth-order valence-corrected chi connectivity index (χ4v) is 5.03. The summed E-state index contributed by atoms with van der Waals surface area (Å²) in [7, 11) is 3.19. The Morgan fingerprint density at radius 2 is 1.82 bits per heavy atom. The molecule has 1 atom stereocenters. The molecule has 1 aromatic carbocycles. The quantitative estimate of drug-likeness (QED) is 0.651. The molecule has 1 fully saturated rings. The average Bonchev–Trinajstić information content (AvgIpc) is 3.24. The first-order valence-electron chi connectivity index (χ1n) is 11.2. The molecule has 176 valence electrons. The van der Waals surface area contributed by atoms with Crippen molar-refractivity contribution in [1.82, 2.24) is 14.7 Å². The van der Waals surface area contributed by atoms with Crippen LogP contribution < -0.4 is 20.5 Å². The number of hydrogen-bond donors (Lipinski definition) is 2. The van der Waals surface area contributed by atoms with Crippen LogP contribution in [0.3, 0.4) is 0 Å². The lowest BCUT2D eigenvalue weighted by Crippen LogP contribution is -2.41. The van der Waals surface area contributed by atoms with Gasteiger partial charge in [-0.15, -0.1) is 0 Å². The zero-order valence-electron chi connectivity index (χ0n) is 19.4. The van der Waals surface area contributed by atoms with Crippen molar-refractivity contribution < 1.29 is 19.1 Å². The monoisotopic (exact) mass is 453 g/mol. The molecule has 1 aromatic heterocycles. The van der Waals surface area contributed by atoms with E-state index in [1.807, 2.05) is 28.6 Å². The summed E-state index contributed by atoms with van der Waals surface area (Å²) in [5, 5.41) is 8.23. The minimum absolute atomic E-state index is 0.0286. The summed E-state index contributed by atoms with van der Waals surface area (Å²) >= 11 is 0. The second-order valence-corrected chi connectivity index (χ2v) is 8.54. The molecule has 3 heterocycles. The molecular weight excluding hydrogens is 422 g/mol. The van der Waals surface area contributed by atoms with Gasteiger partial charge in [0.15, 0.2) is 0 Å². The molecule has 0 aliphatic carbocycles. The minimum Gasteiger partial charge on any atom is -0.496 e. The predicted molar refractivity (Wildman–Crippen MR) is 126 cm³/mol. The molecule has 0 unspecified atom stereocenters. The molecule has 9 heteroatoms. The normalized spacial score (nSPS) is 18.3. The number of nitrogens with two attached hydrogens (primary N) is 1. The molecular formula is C24H31N5O4. The summed E-state index contributed by atoms with van der Waals surface area (Å²) in [5.41, 5.74) is 8.28. The first-order valence-corrected chi connectivity index (χ1v) is 11.2. The summed E-state index contributed by atoms with van der Waals surface area (Å²) < 4.78 is 13.0. The third kappa shape index (κ3) is 4.03. The van der Waals surface area contributed by atoms with Crippen LogP contribution in [0.4, 0.5) is 5.82 Å². The lowest BCUT2D eigenvalue weighted by atomic mass is 9.87. The van der Waals surface area contributed by atoms with E-state index in [0.29, 0.717) is 53.1 Å². The maximum Gasteiger partial charge on any atom is 0.254 e. The number of anilines is 1. The zero-order chi connectivity index (χ0) is 23.7. The number of amides is 2. The summed E-state index contributed by atoms with van der Waals surface area (Å²) in [6.45, 7) is 7.61. The van der Waals surface area contributed by atoms with Gasteiger partial charge in [-0.1, -0.05) is 6.58 Å². The van der Waals surface area contributed by atoms with E-state index in [4.69, 9.17) is 20.3 Å². The van der Waals surface area contributed by atoms with Crippen LogP contribution in [-0.2, 0) is 4.79 Å². The number of hydrogen-bond acceptors (Lipinski definition) is 6. The van der Waals surface area contributed by atoms with E-state index in [-0.39, 0.29) is 11.9 Å². The molecule has 1 saturated heterocycles. The van der Waals surface area contributed by atoms with Crippen LogP contribution in [0.2, 0.25) is 0 Å². The Balaban J connectivity index is 1.73.